The van der Waals surface area contributed by atoms with Crippen molar-refractivity contribution in [3.63, 3.8) is 0 Å². The van der Waals surface area contributed by atoms with Gasteiger partial charge in [-0.2, -0.15) is 0 Å². The smallest absolute Gasteiger partial charge is 0.213 e. The van der Waals surface area contributed by atoms with Gasteiger partial charge in [-0.05, 0) is 36.7 Å². The molecule has 0 saturated heterocycles. The van der Waals surface area contributed by atoms with E-state index in [0.717, 1.165) is 10.7 Å². The maximum absolute atomic E-state index is 5.28. The Labute approximate surface area is 113 Å². The second-order valence-corrected chi connectivity index (χ2v) is 4.92. The van der Waals surface area contributed by atoms with Gasteiger partial charge in [-0.3, -0.25) is 0 Å². The molecule has 2 rings (SSSR count). The topological polar surface area (TPSA) is 46.2 Å². The third-order valence-electron chi connectivity index (χ3n) is 3.15. The summed E-state index contributed by atoms with van der Waals surface area (Å²) < 4.78 is 5.08. The summed E-state index contributed by atoms with van der Waals surface area (Å²) in [6, 6.07) is 4.41. The zero-order valence-electron chi connectivity index (χ0n) is 10.6. The van der Waals surface area contributed by atoms with Crippen molar-refractivity contribution >= 4 is 17.3 Å². The number of nitrogens with zero attached hydrogens (tertiary/aromatic N) is 1. The van der Waals surface area contributed by atoms with E-state index < -0.39 is 0 Å². The highest BCUT2D eigenvalue weighted by Crippen LogP contribution is 2.17. The molecule has 1 saturated carbocycles. The van der Waals surface area contributed by atoms with Gasteiger partial charge in [-0.25, -0.2) is 4.98 Å². The van der Waals surface area contributed by atoms with Crippen molar-refractivity contribution in [1.82, 2.24) is 15.6 Å². The number of thiocarbonyl (C=S) groups is 1. The predicted octanol–water partition coefficient (Wildman–Crippen LogP) is 2.00. The van der Waals surface area contributed by atoms with E-state index in [1.807, 2.05) is 12.1 Å². The van der Waals surface area contributed by atoms with E-state index in [9.17, 15) is 0 Å². The fourth-order valence-corrected chi connectivity index (χ4v) is 2.40. The number of hydrogen-bond acceptors (Lipinski definition) is 3. The van der Waals surface area contributed by atoms with Crippen molar-refractivity contribution in [2.24, 2.45) is 0 Å². The highest BCUT2D eigenvalue weighted by Gasteiger charge is 2.15. The van der Waals surface area contributed by atoms with Crippen LogP contribution >= 0.6 is 12.2 Å². The maximum atomic E-state index is 5.28. The van der Waals surface area contributed by atoms with Crippen LogP contribution in [0, 0.1) is 0 Å². The Morgan fingerprint density at radius 1 is 1.50 bits per heavy atom. The molecule has 0 aromatic carbocycles. The van der Waals surface area contributed by atoms with Gasteiger partial charge in [0, 0.05) is 24.8 Å². The number of aromatic nitrogens is 1. The SMILES string of the molecule is COc1cc(CNC(=S)NC2CCCC2)ccn1. The molecule has 18 heavy (non-hydrogen) atoms. The lowest BCUT2D eigenvalue weighted by atomic mass is 10.2. The molecule has 5 heteroatoms. The van der Waals surface area contributed by atoms with Gasteiger partial charge < -0.3 is 15.4 Å². The summed E-state index contributed by atoms with van der Waals surface area (Å²) in [5, 5.41) is 7.30. The van der Waals surface area contributed by atoms with Crippen LogP contribution in [0.1, 0.15) is 31.2 Å². The molecule has 0 unspecified atom stereocenters. The Balaban J connectivity index is 1.77. The fourth-order valence-electron chi connectivity index (χ4n) is 2.16. The van der Waals surface area contributed by atoms with Crippen molar-refractivity contribution in [3.8, 4) is 5.88 Å². The summed E-state index contributed by atoms with van der Waals surface area (Å²) in [4.78, 5) is 4.07. The van der Waals surface area contributed by atoms with Crippen LogP contribution in [0.3, 0.4) is 0 Å². The van der Waals surface area contributed by atoms with Crippen molar-refractivity contribution in [2.45, 2.75) is 38.3 Å². The number of hydrogen-bond donors (Lipinski definition) is 2. The monoisotopic (exact) mass is 265 g/mol. The molecule has 1 aromatic rings. The third-order valence-corrected chi connectivity index (χ3v) is 3.41. The summed E-state index contributed by atoms with van der Waals surface area (Å²) >= 11 is 5.28. The second-order valence-electron chi connectivity index (χ2n) is 4.51. The number of methoxy groups -OCH3 is 1. The fraction of sp³-hybridized carbons (Fsp3) is 0.538. The highest BCUT2D eigenvalue weighted by molar-refractivity contribution is 7.80. The number of ether oxygens (including phenoxy) is 1. The first kappa shape index (κ1) is 13.1. The first-order valence-corrected chi connectivity index (χ1v) is 6.72. The van der Waals surface area contributed by atoms with E-state index in [-0.39, 0.29) is 0 Å². The quantitative estimate of drug-likeness (QED) is 0.815. The van der Waals surface area contributed by atoms with Crippen LogP contribution < -0.4 is 15.4 Å². The molecular formula is C13H19N3OS. The van der Waals surface area contributed by atoms with Crippen molar-refractivity contribution in [3.05, 3.63) is 23.9 Å². The lowest BCUT2D eigenvalue weighted by molar-refractivity contribution is 0.397. The van der Waals surface area contributed by atoms with Crippen molar-refractivity contribution < 1.29 is 4.74 Å². The van der Waals surface area contributed by atoms with Crippen LogP contribution in [0.25, 0.3) is 0 Å². The van der Waals surface area contributed by atoms with Crippen LogP contribution in [0.15, 0.2) is 18.3 Å². The molecule has 98 valence electrons. The molecule has 0 amide bonds. The lowest BCUT2D eigenvalue weighted by Gasteiger charge is -2.15. The van der Waals surface area contributed by atoms with E-state index >= 15 is 0 Å². The Morgan fingerprint density at radius 3 is 3.00 bits per heavy atom. The summed E-state index contributed by atoms with van der Waals surface area (Å²) in [7, 11) is 1.62. The Hall–Kier alpha value is -1.36. The molecule has 0 radical (unpaired) electrons. The molecule has 1 aliphatic carbocycles. The molecule has 4 nitrogen and oxygen atoms in total. The molecule has 1 heterocycles. The first-order chi connectivity index (χ1) is 8.78. The Bertz CT molecular complexity index is 405. The van der Waals surface area contributed by atoms with E-state index in [1.165, 1.54) is 25.7 Å². The van der Waals surface area contributed by atoms with Gasteiger partial charge in [-0.15, -0.1) is 0 Å². The van der Waals surface area contributed by atoms with Crippen molar-refractivity contribution in [1.29, 1.82) is 0 Å². The number of rotatable bonds is 4. The minimum absolute atomic E-state index is 0.553. The van der Waals surface area contributed by atoms with Crippen LogP contribution in [0.4, 0.5) is 0 Å². The van der Waals surface area contributed by atoms with E-state index in [4.69, 9.17) is 17.0 Å². The second kappa shape index (κ2) is 6.54. The Morgan fingerprint density at radius 2 is 2.28 bits per heavy atom. The van der Waals surface area contributed by atoms with Crippen LogP contribution in [-0.2, 0) is 6.54 Å². The van der Waals surface area contributed by atoms with Gasteiger partial charge in [0.25, 0.3) is 0 Å². The van der Waals surface area contributed by atoms with Crippen LogP contribution in [0.5, 0.6) is 5.88 Å². The lowest BCUT2D eigenvalue weighted by Crippen LogP contribution is -2.40. The number of nitrogens with one attached hydrogen (secondary N) is 2. The maximum Gasteiger partial charge on any atom is 0.213 e. The summed E-state index contributed by atoms with van der Waals surface area (Å²) in [5.41, 5.74) is 1.11. The molecule has 0 bridgehead atoms. The molecule has 1 aromatic heterocycles. The zero-order valence-corrected chi connectivity index (χ0v) is 11.4. The van der Waals surface area contributed by atoms with E-state index in [2.05, 4.69) is 15.6 Å². The largest absolute Gasteiger partial charge is 0.481 e. The average Bonchev–Trinajstić information content (AvgIpc) is 2.89. The molecular weight excluding hydrogens is 246 g/mol. The molecule has 0 atom stereocenters. The zero-order chi connectivity index (χ0) is 12.8. The van der Waals surface area contributed by atoms with Gasteiger partial charge in [-0.1, -0.05) is 12.8 Å². The molecule has 2 N–H and O–H groups in total. The minimum Gasteiger partial charge on any atom is -0.481 e. The molecule has 0 aliphatic heterocycles. The van der Waals surface area contributed by atoms with E-state index in [0.29, 0.717) is 18.5 Å². The minimum atomic E-state index is 0.553. The van der Waals surface area contributed by atoms with E-state index in [1.54, 1.807) is 13.3 Å². The van der Waals surface area contributed by atoms with Gasteiger partial charge >= 0.3 is 0 Å². The summed E-state index contributed by atoms with van der Waals surface area (Å²) in [5.74, 6) is 0.629. The molecule has 1 fully saturated rings. The first-order valence-electron chi connectivity index (χ1n) is 6.31. The van der Waals surface area contributed by atoms with Crippen LogP contribution in [0.2, 0.25) is 0 Å². The standard InChI is InChI=1S/C13H19N3OS/c1-17-12-8-10(6-7-14-12)9-15-13(18)16-11-4-2-3-5-11/h6-8,11H,2-5,9H2,1H3,(H2,15,16,18). The van der Waals surface area contributed by atoms with Gasteiger partial charge in [0.15, 0.2) is 5.11 Å². The summed E-state index contributed by atoms with van der Waals surface area (Å²) in [6.45, 7) is 0.692. The normalized spacial score (nSPS) is 15.4. The van der Waals surface area contributed by atoms with Gasteiger partial charge in [0.1, 0.15) is 0 Å². The van der Waals surface area contributed by atoms with Crippen LogP contribution in [-0.4, -0.2) is 23.2 Å². The Kier molecular flexibility index (Phi) is 4.75. The predicted molar refractivity (Wildman–Crippen MR) is 75.6 cm³/mol. The van der Waals surface area contributed by atoms with Gasteiger partial charge in [0.2, 0.25) is 5.88 Å². The third kappa shape index (κ3) is 3.84. The average molecular weight is 265 g/mol. The highest BCUT2D eigenvalue weighted by atomic mass is 32.1. The summed E-state index contributed by atoms with van der Waals surface area (Å²) in [6.07, 6.45) is 6.81. The number of pyridine rings is 1. The van der Waals surface area contributed by atoms with Gasteiger partial charge in [0.05, 0.1) is 7.11 Å². The molecule has 0 spiro atoms. The molecule has 1 aliphatic rings. The van der Waals surface area contributed by atoms with Crippen molar-refractivity contribution in [2.75, 3.05) is 7.11 Å².